The van der Waals surface area contributed by atoms with Crippen LogP contribution in [0.15, 0.2) is 29.3 Å². The molecule has 0 saturated carbocycles. The summed E-state index contributed by atoms with van der Waals surface area (Å²) < 4.78 is 0. The Morgan fingerprint density at radius 3 is 2.53 bits per heavy atom. The van der Waals surface area contributed by atoms with Gasteiger partial charge in [0.2, 0.25) is 0 Å². The molecule has 1 saturated heterocycles. The first kappa shape index (κ1) is 27.4. The standard InChI is InChI=1S/C22H39ClN6.HI/c1-5-29(6-2)21(19-10-7-8-11-20(19)23)18-26-22(24-3)25-12-15-28-14-9-13-27(4)16-17-28;/h7-8,10-11,21H,5-6,9,12-18H2,1-4H3,(H2,24,25,26);1H. The maximum Gasteiger partial charge on any atom is 0.191 e. The summed E-state index contributed by atoms with van der Waals surface area (Å²) >= 11 is 6.51. The van der Waals surface area contributed by atoms with E-state index in [2.05, 4.69) is 63.4 Å². The number of guanidine groups is 1. The summed E-state index contributed by atoms with van der Waals surface area (Å²) in [5.41, 5.74) is 1.16. The third-order valence-electron chi connectivity index (χ3n) is 5.74. The van der Waals surface area contributed by atoms with Gasteiger partial charge in [0.05, 0.1) is 6.04 Å². The molecule has 0 radical (unpaired) electrons. The molecular weight excluding hydrogens is 511 g/mol. The molecule has 0 aromatic heterocycles. The van der Waals surface area contributed by atoms with Gasteiger partial charge in [-0.15, -0.1) is 24.0 Å². The molecule has 1 aromatic rings. The summed E-state index contributed by atoms with van der Waals surface area (Å²) in [4.78, 5) is 11.8. The largest absolute Gasteiger partial charge is 0.355 e. The highest BCUT2D eigenvalue weighted by Crippen LogP contribution is 2.26. The fourth-order valence-electron chi connectivity index (χ4n) is 3.92. The minimum atomic E-state index is 0. The number of hydrogen-bond donors (Lipinski definition) is 2. The molecule has 2 rings (SSSR count). The maximum absolute atomic E-state index is 6.51. The second-order valence-corrected chi connectivity index (χ2v) is 8.04. The van der Waals surface area contributed by atoms with E-state index in [1.807, 2.05) is 19.2 Å². The van der Waals surface area contributed by atoms with Crippen LogP contribution in [-0.2, 0) is 0 Å². The lowest BCUT2D eigenvalue weighted by Gasteiger charge is -2.31. The van der Waals surface area contributed by atoms with Crippen molar-refractivity contribution >= 4 is 41.5 Å². The lowest BCUT2D eigenvalue weighted by molar-refractivity contribution is 0.219. The number of rotatable bonds is 9. The Morgan fingerprint density at radius 2 is 1.87 bits per heavy atom. The van der Waals surface area contributed by atoms with Crippen LogP contribution in [-0.4, -0.2) is 93.7 Å². The Bertz CT molecular complexity index is 625. The predicted molar refractivity (Wildman–Crippen MR) is 140 cm³/mol. The molecular formula is C22H40ClIN6. The van der Waals surface area contributed by atoms with Crippen molar-refractivity contribution in [3.63, 3.8) is 0 Å². The van der Waals surface area contributed by atoms with E-state index in [0.29, 0.717) is 0 Å². The van der Waals surface area contributed by atoms with Crippen LogP contribution in [0.4, 0.5) is 0 Å². The van der Waals surface area contributed by atoms with E-state index in [1.165, 1.54) is 19.5 Å². The average molecular weight is 551 g/mol. The van der Waals surface area contributed by atoms with Crippen LogP contribution >= 0.6 is 35.6 Å². The third-order valence-corrected chi connectivity index (χ3v) is 6.08. The Balaban J connectivity index is 0.00000450. The number of likely N-dealkylation sites (N-methyl/N-ethyl adjacent to an activating group) is 2. The second-order valence-electron chi connectivity index (χ2n) is 7.64. The molecule has 6 nitrogen and oxygen atoms in total. The molecule has 172 valence electrons. The quantitative estimate of drug-likeness (QED) is 0.281. The summed E-state index contributed by atoms with van der Waals surface area (Å²) in [5, 5.41) is 7.81. The van der Waals surface area contributed by atoms with Gasteiger partial charge in [-0.25, -0.2) is 0 Å². The zero-order chi connectivity index (χ0) is 21.1. The fourth-order valence-corrected chi connectivity index (χ4v) is 4.18. The first-order chi connectivity index (χ1) is 14.1. The summed E-state index contributed by atoms with van der Waals surface area (Å²) in [7, 11) is 4.04. The molecule has 0 bridgehead atoms. The number of benzene rings is 1. The molecule has 8 heteroatoms. The summed E-state index contributed by atoms with van der Waals surface area (Å²) in [6, 6.07) is 8.35. The first-order valence-electron chi connectivity index (χ1n) is 10.9. The predicted octanol–water partition coefficient (Wildman–Crippen LogP) is 3.14. The van der Waals surface area contributed by atoms with Crippen LogP contribution in [0.2, 0.25) is 5.02 Å². The molecule has 2 N–H and O–H groups in total. The molecule has 30 heavy (non-hydrogen) atoms. The molecule has 0 amide bonds. The number of nitrogens with zero attached hydrogens (tertiary/aromatic N) is 4. The van der Waals surface area contributed by atoms with Crippen LogP contribution in [0.1, 0.15) is 31.9 Å². The van der Waals surface area contributed by atoms with E-state index in [0.717, 1.165) is 62.4 Å². The topological polar surface area (TPSA) is 46.1 Å². The third kappa shape index (κ3) is 8.86. The van der Waals surface area contributed by atoms with Gasteiger partial charge in [0.25, 0.3) is 0 Å². The van der Waals surface area contributed by atoms with Crippen molar-refractivity contribution in [1.29, 1.82) is 0 Å². The lowest BCUT2D eigenvalue weighted by Crippen LogP contribution is -2.45. The Kier molecular flexibility index (Phi) is 13.9. The van der Waals surface area contributed by atoms with Gasteiger partial charge < -0.3 is 20.4 Å². The monoisotopic (exact) mass is 550 g/mol. The maximum atomic E-state index is 6.51. The minimum absolute atomic E-state index is 0. The van der Waals surface area contributed by atoms with E-state index >= 15 is 0 Å². The molecule has 1 aliphatic heterocycles. The van der Waals surface area contributed by atoms with Crippen LogP contribution in [0, 0.1) is 0 Å². The van der Waals surface area contributed by atoms with Crippen LogP contribution in [0.25, 0.3) is 0 Å². The van der Waals surface area contributed by atoms with Gasteiger partial charge in [0, 0.05) is 44.8 Å². The van der Waals surface area contributed by atoms with E-state index < -0.39 is 0 Å². The lowest BCUT2D eigenvalue weighted by atomic mass is 10.0. The second kappa shape index (κ2) is 15.2. The zero-order valence-electron chi connectivity index (χ0n) is 19.0. The molecule has 0 spiro atoms. The Labute approximate surface area is 205 Å². The van der Waals surface area contributed by atoms with E-state index in [4.69, 9.17) is 11.6 Å². The van der Waals surface area contributed by atoms with Gasteiger partial charge in [-0.1, -0.05) is 43.6 Å². The SMILES string of the molecule is CCN(CC)C(CNC(=NC)NCCN1CCCN(C)CC1)c1ccccc1Cl.I. The Morgan fingerprint density at radius 1 is 1.13 bits per heavy atom. The van der Waals surface area contributed by atoms with Gasteiger partial charge >= 0.3 is 0 Å². The van der Waals surface area contributed by atoms with Crippen LogP contribution in [0.5, 0.6) is 0 Å². The van der Waals surface area contributed by atoms with Gasteiger partial charge in [0.15, 0.2) is 5.96 Å². The van der Waals surface area contributed by atoms with Crippen molar-refractivity contribution in [3.8, 4) is 0 Å². The van der Waals surface area contributed by atoms with Gasteiger partial charge in [-0.2, -0.15) is 0 Å². The summed E-state index contributed by atoms with van der Waals surface area (Å²) in [6.07, 6.45) is 1.24. The van der Waals surface area contributed by atoms with Crippen molar-refractivity contribution in [1.82, 2.24) is 25.3 Å². The summed E-state index contributed by atoms with van der Waals surface area (Å²) in [5.74, 6) is 0.848. The summed E-state index contributed by atoms with van der Waals surface area (Å²) in [6.45, 7) is 13.7. The first-order valence-corrected chi connectivity index (χ1v) is 11.3. The number of halogens is 2. The molecule has 1 heterocycles. The van der Waals surface area contributed by atoms with Gasteiger partial charge in [0.1, 0.15) is 0 Å². The van der Waals surface area contributed by atoms with Crippen molar-refractivity contribution in [2.24, 2.45) is 4.99 Å². The van der Waals surface area contributed by atoms with E-state index in [9.17, 15) is 0 Å². The average Bonchev–Trinajstić information content (AvgIpc) is 2.94. The number of nitrogens with one attached hydrogen (secondary N) is 2. The van der Waals surface area contributed by atoms with Crippen LogP contribution in [0.3, 0.4) is 0 Å². The molecule has 1 aromatic carbocycles. The molecule has 1 atom stereocenters. The molecule has 1 unspecified atom stereocenters. The van der Waals surface area contributed by atoms with Crippen molar-refractivity contribution in [2.45, 2.75) is 26.3 Å². The normalized spacial score (nSPS) is 17.3. The smallest absolute Gasteiger partial charge is 0.191 e. The van der Waals surface area contributed by atoms with Crippen molar-refractivity contribution in [3.05, 3.63) is 34.9 Å². The molecule has 1 aliphatic rings. The molecule has 1 fully saturated rings. The van der Waals surface area contributed by atoms with E-state index in [-0.39, 0.29) is 30.0 Å². The minimum Gasteiger partial charge on any atom is -0.355 e. The Hall–Kier alpha value is -0.610. The van der Waals surface area contributed by atoms with Crippen molar-refractivity contribution < 1.29 is 0 Å². The van der Waals surface area contributed by atoms with Crippen molar-refractivity contribution in [2.75, 3.05) is 73.0 Å². The number of hydrogen-bond acceptors (Lipinski definition) is 4. The van der Waals surface area contributed by atoms with E-state index in [1.54, 1.807) is 0 Å². The molecule has 0 aliphatic carbocycles. The van der Waals surface area contributed by atoms with Gasteiger partial charge in [-0.3, -0.25) is 9.89 Å². The number of aliphatic imine (C=N–C) groups is 1. The fraction of sp³-hybridized carbons (Fsp3) is 0.682. The van der Waals surface area contributed by atoms with Crippen LogP contribution < -0.4 is 10.6 Å². The highest BCUT2D eigenvalue weighted by atomic mass is 127. The highest BCUT2D eigenvalue weighted by Gasteiger charge is 2.20. The highest BCUT2D eigenvalue weighted by molar-refractivity contribution is 14.0. The van der Waals surface area contributed by atoms with Gasteiger partial charge in [-0.05, 0) is 51.3 Å². The zero-order valence-corrected chi connectivity index (χ0v) is 22.1.